The van der Waals surface area contributed by atoms with Crippen molar-refractivity contribution in [1.82, 2.24) is 10.3 Å². The van der Waals surface area contributed by atoms with E-state index in [2.05, 4.69) is 15.6 Å². The minimum absolute atomic E-state index is 0.304. The molecule has 1 aromatic heterocycles. The van der Waals surface area contributed by atoms with E-state index in [9.17, 15) is 4.79 Å². The number of pyridine rings is 1. The second-order valence-corrected chi connectivity index (χ2v) is 2.58. The normalized spacial score (nSPS) is 9.38. The number of anilines is 2. The number of amides is 2. The number of urea groups is 1. The van der Waals surface area contributed by atoms with Crippen LogP contribution >= 0.6 is 0 Å². The fraction of sp³-hybridized carbons (Fsp3) is 0.250. The molecule has 0 aromatic carbocycles. The Kier molecular flexibility index (Phi) is 2.69. The maximum atomic E-state index is 10.9. The number of hydrogen-bond acceptors (Lipinski definition) is 3. The summed E-state index contributed by atoms with van der Waals surface area (Å²) in [5.41, 5.74) is 7.01. The van der Waals surface area contributed by atoms with Gasteiger partial charge < -0.3 is 11.1 Å². The lowest BCUT2D eigenvalue weighted by Gasteiger charge is -2.07. The molecule has 0 aliphatic rings. The van der Waals surface area contributed by atoms with E-state index in [1.165, 1.54) is 7.05 Å². The fourth-order valence-corrected chi connectivity index (χ4v) is 0.847. The molecule has 0 spiro atoms. The summed E-state index contributed by atoms with van der Waals surface area (Å²) >= 11 is 0. The number of carbonyl (C=O) groups is 1. The van der Waals surface area contributed by atoms with Gasteiger partial charge in [0.1, 0.15) is 5.82 Å². The number of nitrogen functional groups attached to an aromatic ring is 1. The molecule has 4 N–H and O–H groups in total. The van der Waals surface area contributed by atoms with Gasteiger partial charge in [-0.15, -0.1) is 0 Å². The molecule has 0 aliphatic heterocycles. The highest BCUT2D eigenvalue weighted by Gasteiger charge is 2.04. The quantitative estimate of drug-likeness (QED) is 0.595. The Hall–Kier alpha value is -1.78. The zero-order chi connectivity index (χ0) is 9.84. The lowest BCUT2D eigenvalue weighted by atomic mass is 10.2. The maximum Gasteiger partial charge on any atom is 0.320 e. The van der Waals surface area contributed by atoms with E-state index in [0.717, 1.165) is 5.56 Å². The number of nitrogens with one attached hydrogen (secondary N) is 2. The standard InChI is InChI=1S/C8H12N4O/c1-5-6(9)3-4-11-7(5)12-8(13)10-2/h3-4H,1-2H3,(H4,9,10,11,12,13). The number of nitrogens with zero attached hydrogens (tertiary/aromatic N) is 1. The Labute approximate surface area is 76.3 Å². The Morgan fingerprint density at radius 1 is 1.62 bits per heavy atom. The van der Waals surface area contributed by atoms with E-state index in [4.69, 9.17) is 5.73 Å². The lowest BCUT2D eigenvalue weighted by molar-refractivity contribution is 0.254. The van der Waals surface area contributed by atoms with E-state index >= 15 is 0 Å². The Balaban J connectivity index is 2.89. The second-order valence-electron chi connectivity index (χ2n) is 2.58. The van der Waals surface area contributed by atoms with Crippen molar-refractivity contribution in [2.45, 2.75) is 6.92 Å². The smallest absolute Gasteiger partial charge is 0.320 e. The Morgan fingerprint density at radius 3 is 2.92 bits per heavy atom. The van der Waals surface area contributed by atoms with Gasteiger partial charge in [-0.2, -0.15) is 0 Å². The van der Waals surface area contributed by atoms with Gasteiger partial charge >= 0.3 is 6.03 Å². The molecule has 0 unspecified atom stereocenters. The van der Waals surface area contributed by atoms with Gasteiger partial charge in [0.05, 0.1) is 0 Å². The Bertz CT molecular complexity index is 324. The predicted molar refractivity (Wildman–Crippen MR) is 51.5 cm³/mol. The van der Waals surface area contributed by atoms with E-state index in [1.807, 2.05) is 0 Å². The first-order chi connectivity index (χ1) is 6.15. The van der Waals surface area contributed by atoms with E-state index < -0.39 is 0 Å². The largest absolute Gasteiger partial charge is 0.398 e. The molecule has 5 nitrogen and oxygen atoms in total. The summed E-state index contributed by atoms with van der Waals surface area (Å²) in [6, 6.07) is 1.38. The number of aromatic nitrogens is 1. The van der Waals surface area contributed by atoms with Gasteiger partial charge in [0, 0.05) is 24.5 Å². The highest BCUT2D eigenvalue weighted by molar-refractivity contribution is 5.89. The van der Waals surface area contributed by atoms with Gasteiger partial charge in [-0.05, 0) is 13.0 Å². The summed E-state index contributed by atoms with van der Waals surface area (Å²) in [6.07, 6.45) is 1.55. The van der Waals surface area contributed by atoms with Crippen LogP contribution in [0.1, 0.15) is 5.56 Å². The van der Waals surface area contributed by atoms with Gasteiger partial charge in [-0.25, -0.2) is 9.78 Å². The first-order valence-electron chi connectivity index (χ1n) is 3.85. The van der Waals surface area contributed by atoms with E-state index in [1.54, 1.807) is 19.2 Å². The van der Waals surface area contributed by atoms with Crippen LogP contribution in [-0.2, 0) is 0 Å². The first-order valence-corrected chi connectivity index (χ1v) is 3.85. The molecule has 1 heterocycles. The van der Waals surface area contributed by atoms with Gasteiger partial charge in [-0.1, -0.05) is 0 Å². The molecule has 13 heavy (non-hydrogen) atoms. The van der Waals surface area contributed by atoms with Crippen molar-refractivity contribution in [3.63, 3.8) is 0 Å². The molecule has 2 amide bonds. The van der Waals surface area contributed by atoms with Crippen LogP contribution < -0.4 is 16.4 Å². The number of carbonyl (C=O) groups excluding carboxylic acids is 1. The molecule has 0 fully saturated rings. The van der Waals surface area contributed by atoms with Crippen LogP contribution in [0.4, 0.5) is 16.3 Å². The van der Waals surface area contributed by atoms with Crippen LogP contribution in [0.3, 0.4) is 0 Å². The molecular weight excluding hydrogens is 168 g/mol. The fourth-order valence-electron chi connectivity index (χ4n) is 0.847. The van der Waals surface area contributed by atoms with Crippen molar-refractivity contribution in [1.29, 1.82) is 0 Å². The molecule has 5 heteroatoms. The average Bonchev–Trinajstić information content (AvgIpc) is 2.13. The van der Waals surface area contributed by atoms with Crippen LogP contribution in [-0.4, -0.2) is 18.1 Å². The van der Waals surface area contributed by atoms with Gasteiger partial charge in [-0.3, -0.25) is 5.32 Å². The van der Waals surface area contributed by atoms with E-state index in [-0.39, 0.29) is 6.03 Å². The number of rotatable bonds is 1. The van der Waals surface area contributed by atoms with Crippen LogP contribution in [0.5, 0.6) is 0 Å². The molecule has 70 valence electrons. The molecule has 0 atom stereocenters. The zero-order valence-corrected chi connectivity index (χ0v) is 7.59. The highest BCUT2D eigenvalue weighted by atomic mass is 16.2. The van der Waals surface area contributed by atoms with Crippen LogP contribution in [0.25, 0.3) is 0 Å². The SMILES string of the molecule is CNC(=O)Nc1nccc(N)c1C. The molecule has 0 saturated carbocycles. The van der Waals surface area contributed by atoms with Crippen LogP contribution in [0, 0.1) is 6.92 Å². The summed E-state index contributed by atoms with van der Waals surface area (Å²) < 4.78 is 0. The molecular formula is C8H12N4O. The molecule has 0 aliphatic carbocycles. The van der Waals surface area contributed by atoms with Crippen LogP contribution in [0.2, 0.25) is 0 Å². The zero-order valence-electron chi connectivity index (χ0n) is 7.59. The second kappa shape index (κ2) is 3.75. The molecule has 1 rings (SSSR count). The first kappa shape index (κ1) is 9.31. The summed E-state index contributed by atoms with van der Waals surface area (Å²) in [6.45, 7) is 1.80. The minimum atomic E-state index is -0.304. The number of hydrogen-bond donors (Lipinski definition) is 3. The van der Waals surface area contributed by atoms with Crippen molar-refractivity contribution in [2.24, 2.45) is 0 Å². The summed E-state index contributed by atoms with van der Waals surface area (Å²) in [7, 11) is 1.54. The van der Waals surface area contributed by atoms with Crippen molar-refractivity contribution >= 4 is 17.5 Å². The maximum absolute atomic E-state index is 10.9. The summed E-state index contributed by atoms with van der Waals surface area (Å²) in [5, 5.41) is 4.99. The summed E-state index contributed by atoms with van der Waals surface area (Å²) in [5.74, 6) is 0.486. The van der Waals surface area contributed by atoms with Crippen molar-refractivity contribution < 1.29 is 4.79 Å². The third kappa shape index (κ3) is 2.08. The molecule has 1 aromatic rings. The molecule has 0 bridgehead atoms. The third-order valence-corrected chi connectivity index (χ3v) is 1.70. The van der Waals surface area contributed by atoms with Crippen molar-refractivity contribution in [3.8, 4) is 0 Å². The monoisotopic (exact) mass is 180 g/mol. The predicted octanol–water partition coefficient (Wildman–Crippen LogP) is 0.724. The van der Waals surface area contributed by atoms with Crippen molar-refractivity contribution in [2.75, 3.05) is 18.1 Å². The molecule has 0 saturated heterocycles. The summed E-state index contributed by atoms with van der Waals surface area (Å²) in [4.78, 5) is 14.9. The highest BCUT2D eigenvalue weighted by Crippen LogP contribution is 2.16. The lowest BCUT2D eigenvalue weighted by Crippen LogP contribution is -2.25. The topological polar surface area (TPSA) is 80.0 Å². The average molecular weight is 180 g/mol. The van der Waals surface area contributed by atoms with Gasteiger partial charge in [0.2, 0.25) is 0 Å². The molecule has 0 radical (unpaired) electrons. The van der Waals surface area contributed by atoms with E-state index in [0.29, 0.717) is 11.5 Å². The van der Waals surface area contributed by atoms with Gasteiger partial charge in [0.25, 0.3) is 0 Å². The minimum Gasteiger partial charge on any atom is -0.398 e. The third-order valence-electron chi connectivity index (χ3n) is 1.70. The number of nitrogens with two attached hydrogens (primary N) is 1. The Morgan fingerprint density at radius 2 is 2.31 bits per heavy atom. The van der Waals surface area contributed by atoms with Crippen molar-refractivity contribution in [3.05, 3.63) is 17.8 Å². The van der Waals surface area contributed by atoms with Crippen LogP contribution in [0.15, 0.2) is 12.3 Å². The van der Waals surface area contributed by atoms with Gasteiger partial charge in [0.15, 0.2) is 0 Å².